The zero-order valence-electron chi connectivity index (χ0n) is 13.7. The topological polar surface area (TPSA) is 49.3 Å². The number of allylic oxidation sites excluding steroid dienone is 1. The minimum absolute atomic E-state index is 0.0870. The fourth-order valence-electron chi connectivity index (χ4n) is 2.51. The number of nitrogens with one attached hydrogen (secondary N) is 1. The first-order valence-corrected chi connectivity index (χ1v) is 8.00. The molecule has 0 saturated heterocycles. The number of hydrogen-bond acceptors (Lipinski definition) is 2. The monoisotopic (exact) mass is 327 g/mol. The summed E-state index contributed by atoms with van der Waals surface area (Å²) in [5.74, 6) is -0.507. The molecule has 3 nitrogen and oxygen atoms in total. The second-order valence-electron chi connectivity index (χ2n) is 5.67. The SMILES string of the molecule is C/C(=C/C(=O)NC(CCCO)c1ccccc1)c1ccc(F)cc1. The Morgan fingerprint density at radius 3 is 2.46 bits per heavy atom. The third-order valence-electron chi connectivity index (χ3n) is 3.82. The molecule has 126 valence electrons. The molecular formula is C20H22FNO2. The first-order valence-electron chi connectivity index (χ1n) is 8.00. The fourth-order valence-corrected chi connectivity index (χ4v) is 2.51. The number of benzene rings is 2. The van der Waals surface area contributed by atoms with Gasteiger partial charge < -0.3 is 10.4 Å². The average Bonchev–Trinajstić information content (AvgIpc) is 2.59. The van der Waals surface area contributed by atoms with Crippen LogP contribution in [0.4, 0.5) is 4.39 Å². The summed E-state index contributed by atoms with van der Waals surface area (Å²) in [6.07, 6.45) is 2.79. The lowest BCUT2D eigenvalue weighted by atomic mass is 10.0. The van der Waals surface area contributed by atoms with Crippen molar-refractivity contribution in [1.82, 2.24) is 5.32 Å². The average molecular weight is 327 g/mol. The molecular weight excluding hydrogens is 305 g/mol. The zero-order chi connectivity index (χ0) is 17.4. The summed E-state index contributed by atoms with van der Waals surface area (Å²) in [7, 11) is 0. The maximum absolute atomic E-state index is 13.0. The Labute approximate surface area is 141 Å². The molecule has 0 bridgehead atoms. The van der Waals surface area contributed by atoms with Gasteiger partial charge in [0.2, 0.25) is 5.91 Å². The van der Waals surface area contributed by atoms with Crippen LogP contribution >= 0.6 is 0 Å². The molecule has 0 spiro atoms. The molecule has 0 radical (unpaired) electrons. The highest BCUT2D eigenvalue weighted by atomic mass is 19.1. The fraction of sp³-hybridized carbons (Fsp3) is 0.250. The van der Waals surface area contributed by atoms with Crippen LogP contribution in [0.15, 0.2) is 60.7 Å². The van der Waals surface area contributed by atoms with Crippen LogP contribution in [0.25, 0.3) is 5.57 Å². The molecule has 0 aromatic heterocycles. The predicted molar refractivity (Wildman–Crippen MR) is 93.7 cm³/mol. The minimum atomic E-state index is -0.302. The molecule has 4 heteroatoms. The van der Waals surface area contributed by atoms with Crippen molar-refractivity contribution in [2.24, 2.45) is 0 Å². The Hall–Kier alpha value is -2.46. The molecule has 0 aliphatic heterocycles. The lowest BCUT2D eigenvalue weighted by Crippen LogP contribution is -2.27. The minimum Gasteiger partial charge on any atom is -0.396 e. The molecule has 2 aromatic carbocycles. The van der Waals surface area contributed by atoms with Crippen LogP contribution in [0, 0.1) is 5.82 Å². The van der Waals surface area contributed by atoms with E-state index in [2.05, 4.69) is 5.32 Å². The number of amides is 1. The highest BCUT2D eigenvalue weighted by molar-refractivity contribution is 5.95. The zero-order valence-corrected chi connectivity index (χ0v) is 13.7. The highest BCUT2D eigenvalue weighted by Crippen LogP contribution is 2.19. The van der Waals surface area contributed by atoms with Gasteiger partial charge >= 0.3 is 0 Å². The predicted octanol–water partition coefficient (Wildman–Crippen LogP) is 3.86. The smallest absolute Gasteiger partial charge is 0.244 e. The Morgan fingerprint density at radius 2 is 1.83 bits per heavy atom. The summed E-state index contributed by atoms with van der Waals surface area (Å²) in [5, 5.41) is 12.0. The van der Waals surface area contributed by atoms with Crippen molar-refractivity contribution >= 4 is 11.5 Å². The van der Waals surface area contributed by atoms with Gasteiger partial charge in [0.1, 0.15) is 5.82 Å². The van der Waals surface area contributed by atoms with Crippen LogP contribution in [-0.4, -0.2) is 17.6 Å². The third-order valence-corrected chi connectivity index (χ3v) is 3.82. The van der Waals surface area contributed by atoms with Gasteiger partial charge in [0, 0.05) is 12.7 Å². The largest absolute Gasteiger partial charge is 0.396 e. The van der Waals surface area contributed by atoms with Crippen molar-refractivity contribution in [1.29, 1.82) is 0 Å². The summed E-state index contributed by atoms with van der Waals surface area (Å²) >= 11 is 0. The van der Waals surface area contributed by atoms with Crippen LogP contribution in [0.2, 0.25) is 0 Å². The summed E-state index contributed by atoms with van der Waals surface area (Å²) < 4.78 is 13.0. The number of halogens is 1. The molecule has 0 heterocycles. The van der Waals surface area contributed by atoms with Crippen LogP contribution in [0.5, 0.6) is 0 Å². The van der Waals surface area contributed by atoms with E-state index >= 15 is 0 Å². The summed E-state index contributed by atoms with van der Waals surface area (Å²) in [6, 6.07) is 15.6. The second-order valence-corrected chi connectivity index (χ2v) is 5.67. The van der Waals surface area contributed by atoms with Gasteiger partial charge in [-0.15, -0.1) is 0 Å². The van der Waals surface area contributed by atoms with Gasteiger partial charge in [-0.3, -0.25) is 4.79 Å². The van der Waals surface area contributed by atoms with E-state index in [4.69, 9.17) is 5.11 Å². The van der Waals surface area contributed by atoms with Crippen LogP contribution < -0.4 is 5.32 Å². The normalized spacial score (nSPS) is 12.7. The third kappa shape index (κ3) is 5.32. The van der Waals surface area contributed by atoms with E-state index in [1.807, 2.05) is 37.3 Å². The molecule has 1 amide bonds. The molecule has 2 aromatic rings. The summed E-state index contributed by atoms with van der Waals surface area (Å²) in [4.78, 5) is 12.3. The van der Waals surface area contributed by atoms with Crippen molar-refractivity contribution in [3.63, 3.8) is 0 Å². The summed E-state index contributed by atoms with van der Waals surface area (Å²) in [5.41, 5.74) is 2.58. The molecule has 0 aliphatic rings. The Kier molecular flexibility index (Phi) is 6.70. The van der Waals surface area contributed by atoms with Gasteiger partial charge in [0.15, 0.2) is 0 Å². The first-order chi connectivity index (χ1) is 11.6. The standard InChI is InChI=1S/C20H22FNO2/c1-15(16-9-11-18(21)12-10-16)14-20(24)22-19(8-5-13-23)17-6-3-2-4-7-17/h2-4,6-7,9-12,14,19,23H,5,8,13H2,1H3,(H,22,24)/b15-14-. The van der Waals surface area contributed by atoms with Gasteiger partial charge in [-0.05, 0) is 48.6 Å². The Balaban J connectivity index is 2.09. The maximum Gasteiger partial charge on any atom is 0.244 e. The maximum atomic E-state index is 13.0. The van der Waals surface area contributed by atoms with E-state index in [1.165, 1.54) is 18.2 Å². The molecule has 0 aliphatic carbocycles. The van der Waals surface area contributed by atoms with Gasteiger partial charge in [0.25, 0.3) is 0 Å². The molecule has 0 saturated carbocycles. The molecule has 1 unspecified atom stereocenters. The van der Waals surface area contributed by atoms with Gasteiger partial charge in [0.05, 0.1) is 6.04 Å². The van der Waals surface area contributed by atoms with Gasteiger partial charge in [-0.2, -0.15) is 0 Å². The molecule has 2 N–H and O–H groups in total. The van der Waals surface area contributed by atoms with E-state index in [1.54, 1.807) is 12.1 Å². The Bertz CT molecular complexity index is 681. The first kappa shape index (κ1) is 17.9. The molecule has 0 fully saturated rings. The van der Waals surface area contributed by atoms with Crippen molar-refractivity contribution < 1.29 is 14.3 Å². The van der Waals surface area contributed by atoms with Crippen molar-refractivity contribution in [3.8, 4) is 0 Å². The molecule has 1 atom stereocenters. The number of carbonyl (C=O) groups is 1. The van der Waals surface area contributed by atoms with Crippen molar-refractivity contribution in [3.05, 3.63) is 77.6 Å². The van der Waals surface area contributed by atoms with E-state index in [0.29, 0.717) is 12.8 Å². The van der Waals surface area contributed by atoms with Crippen molar-refractivity contribution in [2.75, 3.05) is 6.61 Å². The quantitative estimate of drug-likeness (QED) is 0.759. The van der Waals surface area contributed by atoms with Crippen LogP contribution in [0.3, 0.4) is 0 Å². The lowest BCUT2D eigenvalue weighted by Gasteiger charge is -2.18. The van der Waals surface area contributed by atoms with Gasteiger partial charge in [-0.1, -0.05) is 42.5 Å². The van der Waals surface area contributed by atoms with E-state index in [-0.39, 0.29) is 24.4 Å². The summed E-state index contributed by atoms with van der Waals surface area (Å²) in [6.45, 7) is 1.90. The number of carbonyl (C=O) groups excluding carboxylic acids is 1. The number of hydrogen-bond donors (Lipinski definition) is 2. The molecule has 24 heavy (non-hydrogen) atoms. The van der Waals surface area contributed by atoms with E-state index in [0.717, 1.165) is 16.7 Å². The highest BCUT2D eigenvalue weighted by Gasteiger charge is 2.13. The second kappa shape index (κ2) is 8.99. The molecule has 2 rings (SSSR count). The lowest BCUT2D eigenvalue weighted by molar-refractivity contribution is -0.117. The van der Waals surface area contributed by atoms with E-state index in [9.17, 15) is 9.18 Å². The number of aliphatic hydroxyl groups excluding tert-OH is 1. The van der Waals surface area contributed by atoms with Gasteiger partial charge in [-0.25, -0.2) is 4.39 Å². The number of aliphatic hydroxyl groups is 1. The van der Waals surface area contributed by atoms with Crippen LogP contribution in [-0.2, 0) is 4.79 Å². The Morgan fingerprint density at radius 1 is 1.17 bits per heavy atom. The van der Waals surface area contributed by atoms with Crippen LogP contribution in [0.1, 0.15) is 36.9 Å². The van der Waals surface area contributed by atoms with Crippen molar-refractivity contribution in [2.45, 2.75) is 25.8 Å². The number of rotatable bonds is 7. The van der Waals surface area contributed by atoms with E-state index < -0.39 is 0 Å².